The zero-order valence-electron chi connectivity index (χ0n) is 20.1. The summed E-state index contributed by atoms with van der Waals surface area (Å²) in [5, 5.41) is 8.99. The van der Waals surface area contributed by atoms with Gasteiger partial charge in [-0.15, -0.1) is 11.6 Å². The number of hydrogen-bond acceptors (Lipinski definition) is 3. The first-order valence-corrected chi connectivity index (χ1v) is 11.7. The van der Waals surface area contributed by atoms with Gasteiger partial charge in [-0.05, 0) is 82.6 Å². The second kappa shape index (κ2) is 12.3. The van der Waals surface area contributed by atoms with Crippen molar-refractivity contribution in [3.05, 3.63) is 107 Å². The fraction of sp³-hybridized carbons (Fsp3) is 0.200. The van der Waals surface area contributed by atoms with E-state index in [1.54, 1.807) is 14.2 Å². The van der Waals surface area contributed by atoms with Crippen LogP contribution < -0.4 is 9.47 Å². The van der Waals surface area contributed by atoms with Gasteiger partial charge >= 0.3 is 0 Å². The minimum Gasteiger partial charge on any atom is -0.496 e. The third-order valence-corrected chi connectivity index (χ3v) is 6.01. The van der Waals surface area contributed by atoms with E-state index >= 15 is 0 Å². The molecule has 4 aromatic carbocycles. The van der Waals surface area contributed by atoms with Crippen molar-refractivity contribution in [2.75, 3.05) is 14.2 Å². The Morgan fingerprint density at radius 2 is 0.971 bits per heavy atom. The molecule has 0 atom stereocenters. The zero-order valence-corrected chi connectivity index (χ0v) is 20.9. The first-order valence-electron chi connectivity index (χ1n) is 11.1. The molecule has 0 bridgehead atoms. The van der Waals surface area contributed by atoms with Gasteiger partial charge in [0.05, 0.1) is 20.8 Å². The molecule has 3 nitrogen and oxygen atoms in total. The van der Waals surface area contributed by atoms with Crippen molar-refractivity contribution in [2.45, 2.75) is 26.3 Å². The standard InChI is InChI=1S/C15H15ClO.C15H16O2/c2*1-11-9-14(7-8-15(11)17-2)13-5-3-12(10-16)4-6-13/h3-9H,10H2,1-2H3;3-9,16H,10H2,1-2H3. The molecule has 0 saturated heterocycles. The van der Waals surface area contributed by atoms with E-state index in [0.29, 0.717) is 5.88 Å². The number of hydrogen-bond donors (Lipinski definition) is 1. The van der Waals surface area contributed by atoms with Crippen LogP contribution in [0.1, 0.15) is 22.3 Å². The third kappa shape index (κ3) is 6.40. The molecule has 4 aromatic rings. The zero-order chi connectivity index (χ0) is 24.5. The van der Waals surface area contributed by atoms with Crippen molar-refractivity contribution in [1.29, 1.82) is 0 Å². The van der Waals surface area contributed by atoms with Gasteiger partial charge in [0.2, 0.25) is 0 Å². The lowest BCUT2D eigenvalue weighted by atomic mass is 10.0. The molecule has 4 heteroatoms. The van der Waals surface area contributed by atoms with Gasteiger partial charge < -0.3 is 14.6 Å². The molecule has 0 aliphatic carbocycles. The fourth-order valence-electron chi connectivity index (χ4n) is 3.70. The molecule has 0 spiro atoms. The summed E-state index contributed by atoms with van der Waals surface area (Å²) in [7, 11) is 3.37. The first kappa shape index (κ1) is 25.4. The molecular weight excluding hydrogens is 444 g/mol. The number of ether oxygens (including phenoxy) is 2. The Kier molecular flexibility index (Phi) is 9.15. The number of aliphatic hydroxyl groups excluding tert-OH is 1. The van der Waals surface area contributed by atoms with Crippen molar-refractivity contribution < 1.29 is 14.6 Å². The highest BCUT2D eigenvalue weighted by Gasteiger charge is 2.03. The quantitative estimate of drug-likeness (QED) is 0.293. The van der Waals surface area contributed by atoms with Gasteiger partial charge in [-0.1, -0.05) is 60.7 Å². The van der Waals surface area contributed by atoms with Crippen LogP contribution in [0.5, 0.6) is 11.5 Å². The smallest absolute Gasteiger partial charge is 0.121 e. The summed E-state index contributed by atoms with van der Waals surface area (Å²) in [5.41, 5.74) is 9.04. The number of benzene rings is 4. The average molecular weight is 475 g/mol. The molecule has 0 aliphatic heterocycles. The predicted octanol–water partition coefficient (Wildman–Crippen LogP) is 7.57. The van der Waals surface area contributed by atoms with E-state index in [1.807, 2.05) is 49.4 Å². The van der Waals surface area contributed by atoms with Crippen molar-refractivity contribution in [3.63, 3.8) is 0 Å². The summed E-state index contributed by atoms with van der Waals surface area (Å²) < 4.78 is 10.5. The van der Waals surface area contributed by atoms with Crippen LogP contribution >= 0.6 is 11.6 Å². The molecule has 0 unspecified atom stereocenters. The Bertz CT molecular complexity index is 1100. The van der Waals surface area contributed by atoms with Crippen LogP contribution in [0.2, 0.25) is 0 Å². The monoisotopic (exact) mass is 474 g/mol. The maximum absolute atomic E-state index is 8.99. The van der Waals surface area contributed by atoms with E-state index < -0.39 is 0 Å². The van der Waals surface area contributed by atoms with E-state index in [9.17, 15) is 0 Å². The minimum absolute atomic E-state index is 0.0852. The largest absolute Gasteiger partial charge is 0.496 e. The van der Waals surface area contributed by atoms with E-state index in [1.165, 1.54) is 11.1 Å². The van der Waals surface area contributed by atoms with Gasteiger partial charge in [0, 0.05) is 5.88 Å². The number of alkyl halides is 1. The van der Waals surface area contributed by atoms with Crippen LogP contribution in [0.3, 0.4) is 0 Å². The Morgan fingerprint density at radius 1 is 0.588 bits per heavy atom. The van der Waals surface area contributed by atoms with Gasteiger partial charge in [0.15, 0.2) is 0 Å². The highest BCUT2D eigenvalue weighted by molar-refractivity contribution is 6.17. The van der Waals surface area contributed by atoms with Crippen molar-refractivity contribution in [3.8, 4) is 33.8 Å². The number of aliphatic hydroxyl groups is 1. The van der Waals surface area contributed by atoms with Crippen LogP contribution in [0, 0.1) is 13.8 Å². The minimum atomic E-state index is 0.0852. The summed E-state index contributed by atoms with van der Waals surface area (Å²) in [4.78, 5) is 0. The second-order valence-electron chi connectivity index (χ2n) is 8.05. The van der Waals surface area contributed by atoms with E-state index in [4.69, 9.17) is 26.2 Å². The van der Waals surface area contributed by atoms with Gasteiger partial charge in [-0.25, -0.2) is 0 Å². The summed E-state index contributed by atoms with van der Waals surface area (Å²) in [5.74, 6) is 2.38. The molecule has 0 amide bonds. The van der Waals surface area contributed by atoms with Gasteiger partial charge in [0.1, 0.15) is 11.5 Å². The number of methoxy groups -OCH3 is 2. The molecule has 34 heavy (non-hydrogen) atoms. The number of halogens is 1. The molecule has 0 saturated carbocycles. The Balaban J connectivity index is 0.000000191. The highest BCUT2D eigenvalue weighted by Crippen LogP contribution is 2.27. The van der Waals surface area contributed by atoms with Crippen molar-refractivity contribution in [2.24, 2.45) is 0 Å². The van der Waals surface area contributed by atoms with Crippen LogP contribution in [0.25, 0.3) is 22.3 Å². The lowest BCUT2D eigenvalue weighted by Crippen LogP contribution is -1.88. The molecular formula is C30H31ClO3. The summed E-state index contributed by atoms with van der Waals surface area (Å²) in [6.07, 6.45) is 0. The van der Waals surface area contributed by atoms with Gasteiger partial charge in [0.25, 0.3) is 0 Å². The fourth-order valence-corrected chi connectivity index (χ4v) is 3.88. The molecule has 0 aromatic heterocycles. The lowest BCUT2D eigenvalue weighted by molar-refractivity contribution is 0.282. The Morgan fingerprint density at radius 3 is 1.29 bits per heavy atom. The normalized spacial score (nSPS) is 10.3. The maximum atomic E-state index is 8.99. The molecule has 0 heterocycles. The predicted molar refractivity (Wildman–Crippen MR) is 142 cm³/mol. The van der Waals surface area contributed by atoms with Crippen LogP contribution in [-0.2, 0) is 12.5 Å². The summed E-state index contributed by atoms with van der Waals surface area (Å²) in [6, 6.07) is 28.6. The van der Waals surface area contributed by atoms with E-state index in [2.05, 4.69) is 49.4 Å². The van der Waals surface area contributed by atoms with E-state index in [-0.39, 0.29) is 6.61 Å². The molecule has 4 rings (SSSR count). The maximum Gasteiger partial charge on any atom is 0.121 e. The molecule has 1 N–H and O–H groups in total. The number of aryl methyl sites for hydroxylation is 2. The second-order valence-corrected chi connectivity index (χ2v) is 8.32. The topological polar surface area (TPSA) is 38.7 Å². The van der Waals surface area contributed by atoms with Crippen LogP contribution in [-0.4, -0.2) is 19.3 Å². The highest BCUT2D eigenvalue weighted by atomic mass is 35.5. The Labute approximate surface area is 207 Å². The first-order chi connectivity index (χ1) is 16.5. The van der Waals surface area contributed by atoms with Crippen LogP contribution in [0.4, 0.5) is 0 Å². The Hall–Kier alpha value is -3.27. The van der Waals surface area contributed by atoms with E-state index in [0.717, 1.165) is 44.9 Å². The average Bonchev–Trinajstić information content (AvgIpc) is 2.89. The number of rotatable bonds is 6. The SMILES string of the molecule is COc1ccc(-c2ccc(CCl)cc2)cc1C.COc1ccc(-c2ccc(CO)cc2)cc1C. The van der Waals surface area contributed by atoms with Gasteiger partial charge in [-0.3, -0.25) is 0 Å². The van der Waals surface area contributed by atoms with Crippen molar-refractivity contribution >= 4 is 11.6 Å². The molecule has 0 aliphatic rings. The summed E-state index contributed by atoms with van der Waals surface area (Å²) in [6.45, 7) is 4.17. The molecule has 0 radical (unpaired) electrons. The third-order valence-electron chi connectivity index (χ3n) is 5.70. The van der Waals surface area contributed by atoms with Crippen molar-refractivity contribution in [1.82, 2.24) is 0 Å². The molecule has 176 valence electrons. The van der Waals surface area contributed by atoms with Gasteiger partial charge in [-0.2, -0.15) is 0 Å². The summed E-state index contributed by atoms with van der Waals surface area (Å²) >= 11 is 5.77. The van der Waals surface area contributed by atoms with Crippen LogP contribution in [0.15, 0.2) is 84.9 Å². The molecule has 0 fully saturated rings. The lowest BCUT2D eigenvalue weighted by Gasteiger charge is -2.08.